The van der Waals surface area contributed by atoms with Crippen molar-refractivity contribution < 1.29 is 9.53 Å². The van der Waals surface area contributed by atoms with Gasteiger partial charge in [0, 0.05) is 12.1 Å². The van der Waals surface area contributed by atoms with Crippen molar-refractivity contribution in [1.29, 1.82) is 0 Å². The predicted octanol–water partition coefficient (Wildman–Crippen LogP) is 4.90. The molecule has 0 saturated heterocycles. The maximum Gasteiger partial charge on any atom is 0.331 e. The highest BCUT2D eigenvalue weighted by molar-refractivity contribution is 8.22. The van der Waals surface area contributed by atoms with E-state index in [-0.39, 0.29) is 5.97 Å². The second-order valence-corrected chi connectivity index (χ2v) is 11.8. The number of esters is 1. The third-order valence-electron chi connectivity index (χ3n) is 5.74. The normalized spacial score (nSPS) is 18.2. The van der Waals surface area contributed by atoms with Gasteiger partial charge in [0.05, 0.1) is 5.16 Å². The van der Waals surface area contributed by atoms with Gasteiger partial charge < -0.3 is 4.74 Å². The van der Waals surface area contributed by atoms with Crippen LogP contribution in [0.15, 0.2) is 103 Å². The van der Waals surface area contributed by atoms with E-state index in [2.05, 4.69) is 43.3 Å². The van der Waals surface area contributed by atoms with Crippen molar-refractivity contribution in [3.63, 3.8) is 0 Å². The topological polar surface area (TPSA) is 26.3 Å². The summed E-state index contributed by atoms with van der Waals surface area (Å²) in [5, 5.41) is 1.71. The zero-order valence-corrected chi connectivity index (χ0v) is 18.0. The molecule has 29 heavy (non-hydrogen) atoms. The Morgan fingerprint density at radius 2 is 1.34 bits per heavy atom. The predicted molar refractivity (Wildman–Crippen MR) is 124 cm³/mol. The van der Waals surface area contributed by atoms with Crippen molar-refractivity contribution in [3.05, 3.63) is 109 Å². The number of carbonyl (C=O) groups excluding carboxylic acids is 1. The number of carbonyl (C=O) groups is 1. The van der Waals surface area contributed by atoms with Crippen LogP contribution in [0.1, 0.15) is 18.9 Å². The monoisotopic (exact) mass is 418 g/mol. The van der Waals surface area contributed by atoms with E-state index >= 15 is 0 Å². The summed E-state index contributed by atoms with van der Waals surface area (Å²) in [5.74, 6) is -0.300. The fraction of sp³-hybridized carbons (Fsp3) is 0.160. The maximum atomic E-state index is 12.1. The molecule has 1 heterocycles. The van der Waals surface area contributed by atoms with E-state index in [1.54, 1.807) is 0 Å². The van der Waals surface area contributed by atoms with Gasteiger partial charge in [-0.3, -0.25) is 0 Å². The number of cyclic esters (lactones) is 1. The van der Waals surface area contributed by atoms with Crippen LogP contribution in [0.3, 0.4) is 0 Å². The van der Waals surface area contributed by atoms with E-state index in [1.807, 2.05) is 60.7 Å². The van der Waals surface area contributed by atoms with Crippen molar-refractivity contribution in [2.75, 3.05) is 0 Å². The molecule has 2 unspecified atom stereocenters. The molecule has 1 aliphatic heterocycles. The third kappa shape index (κ3) is 3.19. The van der Waals surface area contributed by atoms with E-state index in [0.29, 0.717) is 0 Å². The van der Waals surface area contributed by atoms with Gasteiger partial charge >= 0.3 is 5.97 Å². The van der Waals surface area contributed by atoms with Crippen molar-refractivity contribution in [2.24, 2.45) is 0 Å². The van der Waals surface area contributed by atoms with Gasteiger partial charge in [-0.25, -0.2) is 4.79 Å². The van der Waals surface area contributed by atoms with Gasteiger partial charge in [-0.2, -0.15) is 0 Å². The summed E-state index contributed by atoms with van der Waals surface area (Å²) < 4.78 is 5.87. The summed E-state index contributed by atoms with van der Waals surface area (Å²) >= 11 is 6.71. The highest BCUT2D eigenvalue weighted by atomic mass is 32.4. The Labute approximate surface area is 177 Å². The first-order valence-electron chi connectivity index (χ1n) is 9.78. The first-order valence-corrected chi connectivity index (χ1v) is 12.6. The quantitative estimate of drug-likeness (QED) is 0.421. The molecule has 1 aliphatic rings. The minimum Gasteiger partial charge on any atom is -0.454 e. The van der Waals surface area contributed by atoms with Crippen LogP contribution >= 0.6 is 6.04 Å². The van der Waals surface area contributed by atoms with Crippen LogP contribution in [-0.4, -0.2) is 12.1 Å². The molecule has 0 saturated carbocycles. The number of ether oxygens (including phenoxy) is 1. The van der Waals surface area contributed by atoms with Crippen molar-refractivity contribution in [3.8, 4) is 0 Å². The SMILES string of the molecule is CCC(c1ccccc1)(C1C=CC(=O)O1)P(=S)(c1ccccc1)c1ccccc1. The molecule has 0 aromatic heterocycles. The van der Waals surface area contributed by atoms with Gasteiger partial charge in [0.15, 0.2) is 0 Å². The molecule has 146 valence electrons. The van der Waals surface area contributed by atoms with Crippen LogP contribution in [0.25, 0.3) is 0 Å². The van der Waals surface area contributed by atoms with Gasteiger partial charge in [-0.1, -0.05) is 110 Å². The molecule has 0 amide bonds. The molecule has 0 bridgehead atoms. The maximum absolute atomic E-state index is 12.1. The van der Waals surface area contributed by atoms with E-state index in [9.17, 15) is 4.79 Å². The lowest BCUT2D eigenvalue weighted by Gasteiger charge is -2.47. The van der Waals surface area contributed by atoms with Crippen LogP contribution in [0.5, 0.6) is 0 Å². The number of benzene rings is 3. The van der Waals surface area contributed by atoms with Gasteiger partial charge in [0.2, 0.25) is 0 Å². The average Bonchev–Trinajstić information content (AvgIpc) is 3.23. The lowest BCUT2D eigenvalue weighted by molar-refractivity contribution is -0.140. The zero-order chi connectivity index (χ0) is 20.3. The number of hydrogen-bond donors (Lipinski definition) is 0. The molecule has 0 N–H and O–H groups in total. The van der Waals surface area contributed by atoms with Crippen molar-refractivity contribution in [2.45, 2.75) is 24.6 Å². The Kier molecular flexibility index (Phi) is 5.54. The lowest BCUT2D eigenvalue weighted by Crippen LogP contribution is -2.44. The lowest BCUT2D eigenvalue weighted by atomic mass is 9.89. The average molecular weight is 418 g/mol. The summed E-state index contributed by atoms with van der Waals surface area (Å²) in [7, 11) is 0. The molecule has 0 aliphatic carbocycles. The highest BCUT2D eigenvalue weighted by Crippen LogP contribution is 2.66. The Morgan fingerprint density at radius 1 is 0.862 bits per heavy atom. The van der Waals surface area contributed by atoms with E-state index in [0.717, 1.165) is 22.6 Å². The van der Waals surface area contributed by atoms with Gasteiger partial charge in [-0.15, -0.1) is 0 Å². The van der Waals surface area contributed by atoms with Gasteiger partial charge in [0.1, 0.15) is 6.10 Å². The number of rotatable bonds is 6. The second kappa shape index (κ2) is 8.10. The van der Waals surface area contributed by atoms with Gasteiger partial charge in [0.25, 0.3) is 0 Å². The Hall–Kier alpha value is -2.48. The molecule has 0 spiro atoms. The minimum absolute atomic E-state index is 0.300. The molecular formula is C25H23O2PS. The van der Waals surface area contributed by atoms with Crippen molar-refractivity contribution in [1.82, 2.24) is 0 Å². The smallest absolute Gasteiger partial charge is 0.331 e. The van der Waals surface area contributed by atoms with Crippen molar-refractivity contribution >= 4 is 34.4 Å². The standard InChI is InChI=1S/C25H23O2PS/c1-2-25(20-12-6-3-7-13-20,23-18-19-24(26)27-23)28(29,21-14-8-4-9-15-21)22-16-10-5-11-17-22/h3-19,23H,2H2,1H3. The van der Waals surface area contributed by atoms with Crippen LogP contribution in [0, 0.1) is 0 Å². The molecule has 0 fully saturated rings. The second-order valence-electron chi connectivity index (χ2n) is 7.14. The van der Waals surface area contributed by atoms with Crippen LogP contribution in [0.4, 0.5) is 0 Å². The van der Waals surface area contributed by atoms with E-state index in [4.69, 9.17) is 16.5 Å². The fourth-order valence-electron chi connectivity index (χ4n) is 4.39. The summed E-state index contributed by atoms with van der Waals surface area (Å²) in [6.45, 7) is 2.15. The molecule has 0 radical (unpaired) electrons. The zero-order valence-electron chi connectivity index (χ0n) is 16.3. The first kappa shape index (κ1) is 19.8. The number of hydrogen-bond acceptors (Lipinski definition) is 3. The summed E-state index contributed by atoms with van der Waals surface area (Å²) in [5.41, 5.74) is 1.11. The third-order valence-corrected chi connectivity index (χ3v) is 12.0. The van der Waals surface area contributed by atoms with Crippen LogP contribution in [-0.2, 0) is 26.5 Å². The minimum atomic E-state index is -2.46. The van der Waals surface area contributed by atoms with E-state index in [1.165, 1.54) is 6.08 Å². The summed E-state index contributed by atoms with van der Waals surface area (Å²) in [6.07, 6.45) is 3.77. The highest BCUT2D eigenvalue weighted by Gasteiger charge is 2.53. The largest absolute Gasteiger partial charge is 0.454 e. The molecule has 3 aromatic carbocycles. The molecule has 3 aromatic rings. The Bertz CT molecular complexity index is 1020. The Balaban J connectivity index is 2.09. The summed E-state index contributed by atoms with van der Waals surface area (Å²) in [4.78, 5) is 12.1. The molecule has 2 atom stereocenters. The van der Waals surface area contributed by atoms with Gasteiger partial charge in [-0.05, 0) is 28.7 Å². The molecule has 4 heteroatoms. The molecule has 4 rings (SSSR count). The van der Waals surface area contributed by atoms with E-state index < -0.39 is 17.3 Å². The Morgan fingerprint density at radius 3 is 1.76 bits per heavy atom. The van der Waals surface area contributed by atoms with Crippen LogP contribution in [0.2, 0.25) is 0 Å². The molecule has 2 nitrogen and oxygen atoms in total. The van der Waals surface area contributed by atoms with Crippen LogP contribution < -0.4 is 10.6 Å². The summed E-state index contributed by atoms with van der Waals surface area (Å²) in [6, 6.07) is 28.6. The molecular weight excluding hydrogens is 395 g/mol. The fourth-order valence-corrected chi connectivity index (χ4v) is 10.00. The first-order chi connectivity index (χ1) is 14.1.